The van der Waals surface area contributed by atoms with Crippen LogP contribution in [-0.4, -0.2) is 5.97 Å². The third-order valence-corrected chi connectivity index (χ3v) is 2.75. The SMILES string of the molecule is CCC(C)C1(C(=O)[O-])CC1. The van der Waals surface area contributed by atoms with E-state index in [0.29, 0.717) is 0 Å². The van der Waals surface area contributed by atoms with Crippen molar-refractivity contribution in [3.63, 3.8) is 0 Å². The van der Waals surface area contributed by atoms with Crippen LogP contribution < -0.4 is 5.11 Å². The molecule has 0 bridgehead atoms. The number of carbonyl (C=O) groups is 1. The quantitative estimate of drug-likeness (QED) is 0.576. The third-order valence-electron chi connectivity index (χ3n) is 2.75. The molecule has 58 valence electrons. The van der Waals surface area contributed by atoms with Gasteiger partial charge in [0.1, 0.15) is 0 Å². The topological polar surface area (TPSA) is 40.1 Å². The highest BCUT2D eigenvalue weighted by molar-refractivity contribution is 5.76. The van der Waals surface area contributed by atoms with Gasteiger partial charge in [-0.3, -0.25) is 0 Å². The van der Waals surface area contributed by atoms with Gasteiger partial charge in [0, 0.05) is 11.4 Å². The summed E-state index contributed by atoms with van der Waals surface area (Å²) >= 11 is 0. The van der Waals surface area contributed by atoms with Crippen molar-refractivity contribution in [2.24, 2.45) is 11.3 Å². The monoisotopic (exact) mass is 141 g/mol. The zero-order valence-corrected chi connectivity index (χ0v) is 6.52. The molecule has 1 aliphatic carbocycles. The highest BCUT2D eigenvalue weighted by Crippen LogP contribution is 2.52. The Hall–Kier alpha value is -0.530. The Morgan fingerprint density at radius 2 is 2.20 bits per heavy atom. The molecule has 10 heavy (non-hydrogen) atoms. The van der Waals surface area contributed by atoms with Crippen LogP contribution in [0.2, 0.25) is 0 Å². The molecule has 0 saturated heterocycles. The number of aliphatic carboxylic acids is 1. The zero-order chi connectivity index (χ0) is 7.78. The molecule has 0 aromatic heterocycles. The van der Waals surface area contributed by atoms with Crippen molar-refractivity contribution in [3.05, 3.63) is 0 Å². The van der Waals surface area contributed by atoms with Gasteiger partial charge < -0.3 is 9.90 Å². The maximum Gasteiger partial charge on any atom is 0.0478 e. The third kappa shape index (κ3) is 0.917. The van der Waals surface area contributed by atoms with Gasteiger partial charge in [0.25, 0.3) is 0 Å². The van der Waals surface area contributed by atoms with Crippen LogP contribution in [0, 0.1) is 11.3 Å². The van der Waals surface area contributed by atoms with Crippen LogP contribution in [0.25, 0.3) is 0 Å². The van der Waals surface area contributed by atoms with E-state index in [9.17, 15) is 9.90 Å². The average molecular weight is 141 g/mol. The lowest BCUT2D eigenvalue weighted by atomic mass is 9.89. The molecule has 0 aromatic rings. The fourth-order valence-corrected chi connectivity index (χ4v) is 1.42. The highest BCUT2D eigenvalue weighted by atomic mass is 16.4. The smallest absolute Gasteiger partial charge is 0.0478 e. The Morgan fingerprint density at radius 3 is 2.30 bits per heavy atom. The van der Waals surface area contributed by atoms with Gasteiger partial charge >= 0.3 is 0 Å². The second-order valence-corrected chi connectivity index (χ2v) is 3.25. The summed E-state index contributed by atoms with van der Waals surface area (Å²) in [5.74, 6) is -0.556. The molecular formula is C8H13O2-. The summed E-state index contributed by atoms with van der Waals surface area (Å²) in [6.45, 7) is 4.01. The van der Waals surface area contributed by atoms with E-state index in [1.165, 1.54) is 0 Å². The van der Waals surface area contributed by atoms with E-state index in [1.807, 2.05) is 13.8 Å². The van der Waals surface area contributed by atoms with Crippen molar-refractivity contribution < 1.29 is 9.90 Å². The molecule has 1 atom stereocenters. The Bertz CT molecular complexity index is 147. The number of carboxylic acid groups (broad SMARTS) is 1. The Labute approximate surface area is 61.2 Å². The first kappa shape index (κ1) is 7.58. The lowest BCUT2D eigenvalue weighted by Crippen LogP contribution is -2.36. The van der Waals surface area contributed by atoms with Crippen molar-refractivity contribution in [3.8, 4) is 0 Å². The summed E-state index contributed by atoms with van der Waals surface area (Å²) in [4.78, 5) is 10.6. The fraction of sp³-hybridized carbons (Fsp3) is 0.875. The molecule has 0 aromatic carbocycles. The van der Waals surface area contributed by atoms with Crippen molar-refractivity contribution in [2.75, 3.05) is 0 Å². The molecule has 2 heteroatoms. The van der Waals surface area contributed by atoms with Gasteiger partial charge in [0.2, 0.25) is 0 Å². The molecule has 0 amide bonds. The van der Waals surface area contributed by atoms with Gasteiger partial charge in [0.05, 0.1) is 0 Å². The molecule has 1 fully saturated rings. The molecule has 2 nitrogen and oxygen atoms in total. The number of carbonyl (C=O) groups excluding carboxylic acids is 1. The molecule has 1 rings (SSSR count). The Balaban J connectivity index is 2.60. The molecule has 1 saturated carbocycles. The van der Waals surface area contributed by atoms with Gasteiger partial charge in [-0.1, -0.05) is 20.3 Å². The van der Waals surface area contributed by atoms with Gasteiger partial charge in [-0.05, 0) is 18.8 Å². The molecule has 1 unspecified atom stereocenters. The van der Waals surface area contributed by atoms with Crippen LogP contribution in [0.4, 0.5) is 0 Å². The van der Waals surface area contributed by atoms with Crippen molar-refractivity contribution in [2.45, 2.75) is 33.1 Å². The minimum absolute atomic E-state index is 0.289. The largest absolute Gasteiger partial charge is 0.550 e. The van der Waals surface area contributed by atoms with Crippen LogP contribution in [0.3, 0.4) is 0 Å². The summed E-state index contributed by atoms with van der Waals surface area (Å²) in [5.41, 5.74) is -0.436. The van der Waals surface area contributed by atoms with Crippen LogP contribution in [0.1, 0.15) is 33.1 Å². The van der Waals surface area contributed by atoms with Crippen LogP contribution >= 0.6 is 0 Å². The summed E-state index contributed by atoms with van der Waals surface area (Å²) in [6, 6.07) is 0. The van der Waals surface area contributed by atoms with Crippen molar-refractivity contribution in [1.82, 2.24) is 0 Å². The van der Waals surface area contributed by atoms with Crippen molar-refractivity contribution in [1.29, 1.82) is 0 Å². The number of rotatable bonds is 3. The average Bonchev–Trinajstić information content (AvgIpc) is 2.65. The molecule has 1 aliphatic rings. The molecule has 0 radical (unpaired) electrons. The van der Waals surface area contributed by atoms with Gasteiger partial charge in [-0.2, -0.15) is 0 Å². The predicted octanol–water partition coefficient (Wildman–Crippen LogP) is 0.563. The summed E-state index contributed by atoms with van der Waals surface area (Å²) in [7, 11) is 0. The summed E-state index contributed by atoms with van der Waals surface area (Å²) in [5, 5.41) is 10.6. The standard InChI is InChI=1S/C8H14O2/c1-3-6(2)8(4-5-8)7(9)10/h6H,3-5H2,1-2H3,(H,9,10)/p-1. The second-order valence-electron chi connectivity index (χ2n) is 3.25. The minimum Gasteiger partial charge on any atom is -0.550 e. The Morgan fingerprint density at radius 1 is 1.70 bits per heavy atom. The maximum absolute atomic E-state index is 10.6. The second kappa shape index (κ2) is 2.26. The summed E-state index contributed by atoms with van der Waals surface area (Å²) < 4.78 is 0. The van der Waals surface area contributed by atoms with E-state index in [2.05, 4.69) is 0 Å². The van der Waals surface area contributed by atoms with E-state index in [4.69, 9.17) is 0 Å². The van der Waals surface area contributed by atoms with E-state index in [1.54, 1.807) is 0 Å². The predicted molar refractivity (Wildman–Crippen MR) is 36.1 cm³/mol. The van der Waals surface area contributed by atoms with E-state index >= 15 is 0 Å². The lowest BCUT2D eigenvalue weighted by Gasteiger charge is -2.22. The number of carboxylic acids is 1. The van der Waals surface area contributed by atoms with Crippen LogP contribution in [-0.2, 0) is 4.79 Å². The first-order chi connectivity index (χ1) is 4.63. The van der Waals surface area contributed by atoms with Crippen molar-refractivity contribution >= 4 is 5.97 Å². The number of hydrogen-bond donors (Lipinski definition) is 0. The van der Waals surface area contributed by atoms with Gasteiger partial charge in [0.15, 0.2) is 0 Å². The summed E-state index contributed by atoms with van der Waals surface area (Å²) in [6.07, 6.45) is 2.59. The van der Waals surface area contributed by atoms with Gasteiger partial charge in [-0.25, -0.2) is 0 Å². The fourth-order valence-electron chi connectivity index (χ4n) is 1.42. The zero-order valence-electron chi connectivity index (χ0n) is 6.52. The molecule has 0 aliphatic heterocycles. The highest BCUT2D eigenvalue weighted by Gasteiger charge is 2.47. The molecule has 0 spiro atoms. The Kier molecular flexibility index (Phi) is 1.71. The van der Waals surface area contributed by atoms with Gasteiger partial charge in [-0.15, -0.1) is 0 Å². The minimum atomic E-state index is -0.846. The van der Waals surface area contributed by atoms with E-state index < -0.39 is 11.4 Å². The molecule has 0 heterocycles. The van der Waals surface area contributed by atoms with E-state index in [-0.39, 0.29) is 5.92 Å². The molecule has 0 N–H and O–H groups in total. The normalized spacial score (nSPS) is 23.8. The number of hydrogen-bond acceptors (Lipinski definition) is 2. The first-order valence-electron chi connectivity index (χ1n) is 3.85. The maximum atomic E-state index is 10.6. The van der Waals surface area contributed by atoms with Crippen LogP contribution in [0.5, 0.6) is 0 Å². The van der Waals surface area contributed by atoms with E-state index in [0.717, 1.165) is 19.3 Å². The molecular weight excluding hydrogens is 128 g/mol. The lowest BCUT2D eigenvalue weighted by molar-refractivity contribution is -0.315. The first-order valence-corrected chi connectivity index (χ1v) is 3.85. The van der Waals surface area contributed by atoms with Crippen LogP contribution in [0.15, 0.2) is 0 Å².